The molecule has 0 spiro atoms. The zero-order valence-electron chi connectivity index (χ0n) is 5.37. The molecule has 0 aliphatic rings. The van der Waals surface area contributed by atoms with Gasteiger partial charge in [0, 0.05) is 5.88 Å². The van der Waals surface area contributed by atoms with E-state index in [1.807, 2.05) is 6.92 Å². The summed E-state index contributed by atoms with van der Waals surface area (Å²) in [5.74, 6) is 1.09. The van der Waals surface area contributed by atoms with Crippen LogP contribution in [0, 0.1) is 5.92 Å². The fraction of sp³-hybridized carbons (Fsp3) is 0.571. The molecule has 0 bridgehead atoms. The molecule has 0 heterocycles. The molecular weight excluding hydrogens is 120 g/mol. The van der Waals surface area contributed by atoms with Crippen LogP contribution in [0.25, 0.3) is 0 Å². The third-order valence-corrected chi connectivity index (χ3v) is 1.71. The second kappa shape index (κ2) is 3.77. The normalized spacial score (nSPS) is 12.4. The molecule has 0 aliphatic carbocycles. The largest absolute Gasteiger partial charge is 0.130 e. The van der Waals surface area contributed by atoms with Crippen molar-refractivity contribution in [1.29, 1.82) is 0 Å². The van der Waals surface area contributed by atoms with Gasteiger partial charge in [-0.05, 0) is 18.4 Å². The lowest BCUT2D eigenvalue weighted by atomic mass is 10.1. The van der Waals surface area contributed by atoms with Gasteiger partial charge < -0.3 is 0 Å². The molecule has 0 nitrogen and oxygen atoms in total. The van der Waals surface area contributed by atoms with Crippen LogP contribution in [0.2, 0.25) is 0 Å². The predicted molar refractivity (Wildman–Crippen MR) is 38.2 cm³/mol. The van der Waals surface area contributed by atoms with Gasteiger partial charge in [0.2, 0.25) is 0 Å². The van der Waals surface area contributed by atoms with E-state index >= 15 is 0 Å². The average Bonchev–Trinajstić information content (AvgIpc) is 1.84. The first kappa shape index (κ1) is 7.81. The van der Waals surface area contributed by atoms with Gasteiger partial charge in [0.25, 0.3) is 0 Å². The number of alkyl halides is 1. The van der Waals surface area contributed by atoms with Gasteiger partial charge in [0.15, 0.2) is 0 Å². The first-order valence-electron chi connectivity index (χ1n) is 2.65. The Labute approximate surface area is 55.9 Å². The monoisotopic (exact) mass is 130 g/mol. The molecule has 0 aromatic carbocycles. The molecular formula is C7H11Cl. The van der Waals surface area contributed by atoms with Crippen LogP contribution in [0.4, 0.5) is 0 Å². The smallest absolute Gasteiger partial charge is 0.0292 e. The molecule has 0 saturated carbocycles. The Kier molecular flexibility index (Phi) is 3.68. The Bertz CT molecular complexity index is 110. The predicted octanol–water partition coefficient (Wildman–Crippen LogP) is 2.59. The highest BCUT2D eigenvalue weighted by atomic mass is 35.5. The molecule has 1 unspecified atom stereocenters. The van der Waals surface area contributed by atoms with Gasteiger partial charge >= 0.3 is 0 Å². The first-order chi connectivity index (χ1) is 3.72. The summed E-state index contributed by atoms with van der Waals surface area (Å²) in [6, 6.07) is 0. The molecule has 0 aliphatic heterocycles. The zero-order chi connectivity index (χ0) is 6.57. The maximum absolute atomic E-state index is 5.54. The lowest BCUT2D eigenvalue weighted by Gasteiger charge is -2.02. The molecule has 1 heteroatoms. The summed E-state index contributed by atoms with van der Waals surface area (Å²) in [4.78, 5) is 0. The van der Waals surface area contributed by atoms with Crippen LogP contribution in [-0.2, 0) is 0 Å². The number of hydrogen-bond donors (Lipinski definition) is 0. The maximum Gasteiger partial charge on any atom is 0.0292 e. The van der Waals surface area contributed by atoms with Crippen molar-refractivity contribution in [2.75, 3.05) is 5.88 Å². The lowest BCUT2D eigenvalue weighted by Crippen LogP contribution is -1.95. The summed E-state index contributed by atoms with van der Waals surface area (Å²) in [7, 11) is 0. The molecule has 0 aromatic rings. The summed E-state index contributed by atoms with van der Waals surface area (Å²) in [6.45, 7) is 7.55. The van der Waals surface area contributed by atoms with E-state index in [-0.39, 0.29) is 0 Å². The Balaban J connectivity index is 3.82. The van der Waals surface area contributed by atoms with E-state index in [0.717, 1.165) is 5.57 Å². The minimum Gasteiger partial charge on any atom is -0.130 e. The second-order valence-corrected chi connectivity index (χ2v) is 2.22. The highest BCUT2D eigenvalue weighted by molar-refractivity contribution is 6.18. The van der Waals surface area contributed by atoms with Crippen LogP contribution in [-0.4, -0.2) is 5.88 Å². The lowest BCUT2D eigenvalue weighted by molar-refractivity contribution is 0.780. The van der Waals surface area contributed by atoms with E-state index < -0.39 is 0 Å². The number of hydrogen-bond acceptors (Lipinski definition) is 0. The molecule has 0 amide bonds. The van der Waals surface area contributed by atoms with Gasteiger partial charge in [0.05, 0.1) is 0 Å². The van der Waals surface area contributed by atoms with Gasteiger partial charge in [-0.3, -0.25) is 0 Å². The van der Waals surface area contributed by atoms with Crippen molar-refractivity contribution < 1.29 is 0 Å². The Hall–Kier alpha value is -0.190. The Morgan fingerprint density at radius 1 is 1.88 bits per heavy atom. The summed E-state index contributed by atoms with van der Waals surface area (Å²) >= 11 is 5.54. The van der Waals surface area contributed by atoms with Crippen molar-refractivity contribution in [3.63, 3.8) is 0 Å². The molecule has 0 saturated heterocycles. The van der Waals surface area contributed by atoms with E-state index in [0.29, 0.717) is 11.8 Å². The molecule has 46 valence electrons. The summed E-state index contributed by atoms with van der Waals surface area (Å²) < 4.78 is 0. The van der Waals surface area contributed by atoms with Crippen molar-refractivity contribution >= 4 is 11.6 Å². The van der Waals surface area contributed by atoms with Crippen molar-refractivity contribution in [3.8, 4) is 0 Å². The number of rotatable bonds is 2. The van der Waals surface area contributed by atoms with Crippen LogP contribution in [0.1, 0.15) is 13.8 Å². The first-order valence-corrected chi connectivity index (χ1v) is 3.18. The Morgan fingerprint density at radius 3 is 2.50 bits per heavy atom. The topological polar surface area (TPSA) is 0 Å². The summed E-state index contributed by atoms with van der Waals surface area (Å²) in [6.07, 6.45) is 0. The number of allylic oxidation sites excluding steroid dienone is 1. The van der Waals surface area contributed by atoms with Crippen LogP contribution in [0.15, 0.2) is 17.9 Å². The third-order valence-electron chi connectivity index (χ3n) is 1.25. The molecule has 0 N–H and O–H groups in total. The van der Waals surface area contributed by atoms with E-state index in [4.69, 9.17) is 11.6 Å². The van der Waals surface area contributed by atoms with Crippen molar-refractivity contribution in [1.82, 2.24) is 0 Å². The van der Waals surface area contributed by atoms with Crippen molar-refractivity contribution in [2.24, 2.45) is 5.92 Å². The van der Waals surface area contributed by atoms with Crippen LogP contribution < -0.4 is 0 Å². The van der Waals surface area contributed by atoms with Gasteiger partial charge in [-0.15, -0.1) is 17.3 Å². The minimum atomic E-state index is 0.425. The van der Waals surface area contributed by atoms with Gasteiger partial charge in [0.1, 0.15) is 0 Å². The Morgan fingerprint density at radius 2 is 2.38 bits per heavy atom. The molecule has 0 rings (SSSR count). The van der Waals surface area contributed by atoms with Crippen molar-refractivity contribution in [2.45, 2.75) is 13.8 Å². The van der Waals surface area contributed by atoms with E-state index in [1.165, 1.54) is 0 Å². The maximum atomic E-state index is 5.54. The highest BCUT2D eigenvalue weighted by Crippen LogP contribution is 2.08. The standard InChI is InChI=1S/C7H11Cl/c1-4-6(2)7(3)5-8/h7H,1,5H2,2-3H3. The SMILES string of the molecule is C=C=C(C)C(C)CCl. The van der Waals surface area contributed by atoms with Crippen molar-refractivity contribution in [3.05, 3.63) is 17.9 Å². The van der Waals surface area contributed by atoms with Crippen LogP contribution >= 0.6 is 11.6 Å². The minimum absolute atomic E-state index is 0.425. The molecule has 1 atom stereocenters. The van der Waals surface area contributed by atoms with Crippen LogP contribution in [0.3, 0.4) is 0 Å². The van der Waals surface area contributed by atoms with E-state index in [1.54, 1.807) is 0 Å². The fourth-order valence-electron chi connectivity index (χ4n) is 0.290. The summed E-state index contributed by atoms with van der Waals surface area (Å²) in [5.41, 5.74) is 3.94. The third kappa shape index (κ3) is 2.20. The van der Waals surface area contributed by atoms with E-state index in [9.17, 15) is 0 Å². The molecule has 0 aromatic heterocycles. The fourth-order valence-corrected chi connectivity index (χ4v) is 0.521. The second-order valence-electron chi connectivity index (χ2n) is 1.92. The van der Waals surface area contributed by atoms with E-state index in [2.05, 4.69) is 19.2 Å². The quantitative estimate of drug-likeness (QED) is 0.398. The zero-order valence-corrected chi connectivity index (χ0v) is 6.13. The summed E-state index contributed by atoms with van der Waals surface area (Å²) in [5, 5.41) is 0. The molecule has 0 fully saturated rings. The molecule has 8 heavy (non-hydrogen) atoms. The molecule has 0 radical (unpaired) electrons. The van der Waals surface area contributed by atoms with Gasteiger partial charge in [-0.1, -0.05) is 13.5 Å². The van der Waals surface area contributed by atoms with Gasteiger partial charge in [-0.25, -0.2) is 0 Å². The number of halogens is 1. The van der Waals surface area contributed by atoms with Crippen LogP contribution in [0.5, 0.6) is 0 Å². The highest BCUT2D eigenvalue weighted by Gasteiger charge is 1.98. The van der Waals surface area contributed by atoms with Gasteiger partial charge in [-0.2, -0.15) is 0 Å². The average molecular weight is 131 g/mol.